The van der Waals surface area contributed by atoms with Crippen molar-refractivity contribution in [3.05, 3.63) is 34.6 Å². The monoisotopic (exact) mass is 324 g/mol. The number of aliphatic hydroxyl groups excluding tert-OH is 1. The summed E-state index contributed by atoms with van der Waals surface area (Å²) in [5.74, 6) is -1.92. The predicted octanol–water partition coefficient (Wildman–Crippen LogP) is 4.75. The maximum atomic E-state index is 13.0. The molecule has 1 atom stereocenters. The van der Waals surface area contributed by atoms with Crippen molar-refractivity contribution in [1.29, 1.82) is 0 Å². The zero-order valence-corrected chi connectivity index (χ0v) is 12.1. The largest absolute Gasteiger partial charge is 0.392 e. The molecule has 1 N–H and O–H groups in total. The molecular formula is C15H17ClF4O. The standard InChI is InChI=1S/C15H17ClF4O/c16-12-7-9(1-6-13(12)17)8-14(21)10-2-4-11(5-3-10)15(18,19)20/h1,6-7,10-11,14,21H,2-5,8H2. The van der Waals surface area contributed by atoms with E-state index in [1.807, 2.05) is 0 Å². The molecule has 0 bridgehead atoms. The van der Waals surface area contributed by atoms with Gasteiger partial charge in [0.2, 0.25) is 0 Å². The van der Waals surface area contributed by atoms with Crippen LogP contribution < -0.4 is 0 Å². The van der Waals surface area contributed by atoms with Crippen molar-refractivity contribution >= 4 is 11.6 Å². The second kappa shape index (κ2) is 6.53. The molecule has 0 aliphatic heterocycles. The summed E-state index contributed by atoms with van der Waals surface area (Å²) in [6.07, 6.45) is -3.73. The average molecular weight is 325 g/mol. The minimum atomic E-state index is -4.14. The third kappa shape index (κ3) is 4.33. The molecule has 0 saturated heterocycles. The van der Waals surface area contributed by atoms with Gasteiger partial charge in [-0.15, -0.1) is 0 Å². The molecule has 1 nitrogen and oxygen atoms in total. The molecule has 2 rings (SSSR count). The van der Waals surface area contributed by atoms with E-state index >= 15 is 0 Å². The number of hydrogen-bond acceptors (Lipinski definition) is 1. The summed E-state index contributed by atoms with van der Waals surface area (Å²) in [5.41, 5.74) is 0.687. The molecule has 0 amide bonds. The van der Waals surface area contributed by atoms with Gasteiger partial charge >= 0.3 is 6.18 Å². The molecule has 1 aromatic carbocycles. The number of alkyl halides is 3. The van der Waals surface area contributed by atoms with E-state index in [0.717, 1.165) is 0 Å². The Hall–Kier alpha value is -0.810. The van der Waals surface area contributed by atoms with E-state index in [4.69, 9.17) is 11.6 Å². The normalized spacial score (nSPS) is 24.9. The molecule has 1 aliphatic carbocycles. The summed E-state index contributed by atoms with van der Waals surface area (Å²) >= 11 is 5.67. The highest BCUT2D eigenvalue weighted by Crippen LogP contribution is 2.40. The molecule has 118 valence electrons. The SMILES string of the molecule is OC(Cc1ccc(F)c(Cl)c1)C1CCC(C(F)(F)F)CC1. The van der Waals surface area contributed by atoms with E-state index < -0.39 is 24.0 Å². The Morgan fingerprint density at radius 2 is 1.81 bits per heavy atom. The summed E-state index contributed by atoms with van der Waals surface area (Å²) in [5, 5.41) is 10.1. The lowest BCUT2D eigenvalue weighted by molar-refractivity contribution is -0.185. The quantitative estimate of drug-likeness (QED) is 0.795. The predicted molar refractivity (Wildman–Crippen MR) is 72.6 cm³/mol. The Morgan fingerprint density at radius 1 is 1.19 bits per heavy atom. The third-order valence-corrected chi connectivity index (χ3v) is 4.50. The molecule has 1 aromatic rings. The Bertz CT molecular complexity index is 481. The van der Waals surface area contributed by atoms with Gasteiger partial charge in [-0.3, -0.25) is 0 Å². The van der Waals surface area contributed by atoms with Crippen LogP contribution in [0.1, 0.15) is 31.2 Å². The lowest BCUT2D eigenvalue weighted by Gasteiger charge is -2.32. The van der Waals surface area contributed by atoms with Crippen LogP contribution in [0.4, 0.5) is 17.6 Å². The minimum Gasteiger partial charge on any atom is -0.392 e. The van der Waals surface area contributed by atoms with E-state index in [0.29, 0.717) is 18.4 Å². The van der Waals surface area contributed by atoms with Crippen LogP contribution in [0.2, 0.25) is 5.02 Å². The summed E-state index contributed by atoms with van der Waals surface area (Å²) < 4.78 is 50.8. The molecule has 0 spiro atoms. The second-order valence-corrected chi connectivity index (χ2v) is 6.08. The van der Waals surface area contributed by atoms with Crippen LogP contribution in [-0.4, -0.2) is 17.4 Å². The van der Waals surface area contributed by atoms with Crippen molar-refractivity contribution in [3.8, 4) is 0 Å². The van der Waals surface area contributed by atoms with Crippen molar-refractivity contribution < 1.29 is 22.7 Å². The van der Waals surface area contributed by atoms with E-state index in [9.17, 15) is 22.7 Å². The molecule has 1 saturated carbocycles. The molecule has 0 aromatic heterocycles. The van der Waals surface area contributed by atoms with Crippen LogP contribution in [0.5, 0.6) is 0 Å². The fourth-order valence-electron chi connectivity index (χ4n) is 2.91. The van der Waals surface area contributed by atoms with Crippen LogP contribution in [-0.2, 0) is 6.42 Å². The van der Waals surface area contributed by atoms with E-state index in [1.165, 1.54) is 18.2 Å². The number of benzene rings is 1. The fourth-order valence-corrected chi connectivity index (χ4v) is 3.11. The average Bonchev–Trinajstić information content (AvgIpc) is 2.42. The van der Waals surface area contributed by atoms with E-state index in [-0.39, 0.29) is 30.2 Å². The van der Waals surface area contributed by atoms with Gasteiger partial charge in [-0.25, -0.2) is 4.39 Å². The molecule has 21 heavy (non-hydrogen) atoms. The van der Waals surface area contributed by atoms with Gasteiger partial charge in [0.1, 0.15) is 5.82 Å². The van der Waals surface area contributed by atoms with Gasteiger partial charge in [0.05, 0.1) is 17.0 Å². The molecule has 1 fully saturated rings. The van der Waals surface area contributed by atoms with Crippen LogP contribution in [0, 0.1) is 17.7 Å². The topological polar surface area (TPSA) is 20.2 Å². The Balaban J connectivity index is 1.90. The van der Waals surface area contributed by atoms with Gasteiger partial charge in [0.15, 0.2) is 0 Å². The van der Waals surface area contributed by atoms with Crippen molar-refractivity contribution in [2.24, 2.45) is 11.8 Å². The lowest BCUT2D eigenvalue weighted by atomic mass is 9.78. The first-order valence-corrected chi connectivity index (χ1v) is 7.34. The molecule has 1 aliphatic rings. The Kier molecular flexibility index (Phi) is 5.15. The summed E-state index contributed by atoms with van der Waals surface area (Å²) in [4.78, 5) is 0. The number of rotatable bonds is 3. The zero-order chi connectivity index (χ0) is 15.6. The van der Waals surface area contributed by atoms with Crippen LogP contribution in [0.15, 0.2) is 18.2 Å². The molecule has 0 radical (unpaired) electrons. The van der Waals surface area contributed by atoms with Crippen LogP contribution >= 0.6 is 11.6 Å². The Labute approximate surface area is 125 Å². The van der Waals surface area contributed by atoms with Gasteiger partial charge in [0, 0.05) is 0 Å². The van der Waals surface area contributed by atoms with Gasteiger partial charge < -0.3 is 5.11 Å². The molecule has 1 unspecified atom stereocenters. The highest BCUT2D eigenvalue weighted by atomic mass is 35.5. The highest BCUT2D eigenvalue weighted by Gasteiger charge is 2.42. The minimum absolute atomic E-state index is 0.0134. The van der Waals surface area contributed by atoms with Crippen molar-refractivity contribution in [2.45, 2.75) is 44.4 Å². The first-order chi connectivity index (χ1) is 9.77. The number of aliphatic hydroxyl groups is 1. The highest BCUT2D eigenvalue weighted by molar-refractivity contribution is 6.30. The zero-order valence-electron chi connectivity index (χ0n) is 11.3. The second-order valence-electron chi connectivity index (χ2n) is 5.67. The van der Waals surface area contributed by atoms with Crippen molar-refractivity contribution in [1.82, 2.24) is 0 Å². The first-order valence-electron chi connectivity index (χ1n) is 6.96. The first kappa shape index (κ1) is 16.6. The Morgan fingerprint density at radius 3 is 2.33 bits per heavy atom. The maximum Gasteiger partial charge on any atom is 0.391 e. The van der Waals surface area contributed by atoms with Crippen LogP contribution in [0.25, 0.3) is 0 Å². The number of halogens is 5. The smallest absolute Gasteiger partial charge is 0.391 e. The van der Waals surface area contributed by atoms with Gasteiger partial charge in [-0.05, 0) is 55.7 Å². The summed E-state index contributed by atoms with van der Waals surface area (Å²) in [6, 6.07) is 4.21. The summed E-state index contributed by atoms with van der Waals surface area (Å²) in [6.45, 7) is 0. The van der Waals surface area contributed by atoms with Crippen LogP contribution in [0.3, 0.4) is 0 Å². The summed E-state index contributed by atoms with van der Waals surface area (Å²) in [7, 11) is 0. The van der Waals surface area contributed by atoms with E-state index in [1.54, 1.807) is 0 Å². The third-order valence-electron chi connectivity index (χ3n) is 4.21. The fraction of sp³-hybridized carbons (Fsp3) is 0.600. The van der Waals surface area contributed by atoms with Crippen molar-refractivity contribution in [3.63, 3.8) is 0 Å². The number of hydrogen-bond donors (Lipinski definition) is 1. The maximum absolute atomic E-state index is 13.0. The van der Waals surface area contributed by atoms with E-state index in [2.05, 4.69) is 0 Å². The van der Waals surface area contributed by atoms with Gasteiger partial charge in [-0.1, -0.05) is 17.7 Å². The molecule has 0 heterocycles. The lowest BCUT2D eigenvalue weighted by Crippen LogP contribution is -2.32. The van der Waals surface area contributed by atoms with Gasteiger partial charge in [0.25, 0.3) is 0 Å². The van der Waals surface area contributed by atoms with Crippen molar-refractivity contribution in [2.75, 3.05) is 0 Å². The molecule has 6 heteroatoms. The van der Waals surface area contributed by atoms with Gasteiger partial charge in [-0.2, -0.15) is 13.2 Å². The molecular weight excluding hydrogens is 308 g/mol.